The Morgan fingerprint density at radius 2 is 2.00 bits per heavy atom. The molecule has 0 radical (unpaired) electrons. The van der Waals surface area contributed by atoms with Crippen LogP contribution in [0.25, 0.3) is 0 Å². The van der Waals surface area contributed by atoms with E-state index in [0.29, 0.717) is 17.4 Å². The number of aromatic nitrogens is 1. The molecule has 1 saturated heterocycles. The summed E-state index contributed by atoms with van der Waals surface area (Å²) < 4.78 is 12.1. The highest BCUT2D eigenvalue weighted by atomic mass is 35.5. The number of hydrogen-bond donors (Lipinski definition) is 1. The molecule has 6 heteroatoms. The van der Waals surface area contributed by atoms with Crippen LogP contribution in [0, 0.1) is 0 Å². The summed E-state index contributed by atoms with van der Waals surface area (Å²) >= 11 is 6.16. The molecule has 0 spiro atoms. The quantitative estimate of drug-likeness (QED) is 0.562. The SMILES string of the molecule is CCc1ccccc1Oc1ccc(N2CCC(Oc3ncccc3Cl)C2)c(CO)c1. The molecule has 0 amide bonds. The number of halogens is 1. The number of nitrogens with zero attached hydrogens (tertiary/aromatic N) is 2. The molecule has 2 heterocycles. The summed E-state index contributed by atoms with van der Waals surface area (Å²) in [6.45, 7) is 3.59. The van der Waals surface area contributed by atoms with Crippen molar-refractivity contribution in [3.8, 4) is 17.4 Å². The van der Waals surface area contributed by atoms with Crippen molar-refractivity contribution in [2.45, 2.75) is 32.5 Å². The fraction of sp³-hybridized carbons (Fsp3) is 0.292. The molecule has 2 aromatic carbocycles. The molecule has 3 aromatic rings. The summed E-state index contributed by atoms with van der Waals surface area (Å²) in [6.07, 6.45) is 3.43. The molecule has 1 unspecified atom stereocenters. The normalized spacial score (nSPS) is 16.0. The number of hydrogen-bond acceptors (Lipinski definition) is 5. The predicted molar refractivity (Wildman–Crippen MR) is 119 cm³/mol. The Labute approximate surface area is 181 Å². The summed E-state index contributed by atoms with van der Waals surface area (Å²) in [6, 6.07) is 17.4. The number of aryl methyl sites for hydroxylation is 1. The molecule has 0 bridgehead atoms. The molecule has 1 aliphatic rings. The first-order valence-corrected chi connectivity index (χ1v) is 10.6. The van der Waals surface area contributed by atoms with E-state index in [1.807, 2.05) is 36.4 Å². The van der Waals surface area contributed by atoms with Gasteiger partial charge < -0.3 is 19.5 Å². The Hall–Kier alpha value is -2.76. The zero-order valence-corrected chi connectivity index (χ0v) is 17.7. The molecule has 30 heavy (non-hydrogen) atoms. The maximum Gasteiger partial charge on any atom is 0.232 e. The second-order valence-electron chi connectivity index (χ2n) is 7.28. The topological polar surface area (TPSA) is 54.8 Å². The fourth-order valence-corrected chi connectivity index (χ4v) is 3.91. The van der Waals surface area contributed by atoms with Crippen molar-refractivity contribution < 1.29 is 14.6 Å². The van der Waals surface area contributed by atoms with Gasteiger partial charge in [-0.3, -0.25) is 0 Å². The molecule has 1 N–H and O–H groups in total. The largest absolute Gasteiger partial charge is 0.471 e. The van der Waals surface area contributed by atoms with Crippen LogP contribution in [-0.2, 0) is 13.0 Å². The van der Waals surface area contributed by atoms with E-state index >= 15 is 0 Å². The Morgan fingerprint density at radius 3 is 2.80 bits per heavy atom. The van der Waals surface area contributed by atoms with Crippen molar-refractivity contribution in [1.29, 1.82) is 0 Å². The van der Waals surface area contributed by atoms with Gasteiger partial charge in [0, 0.05) is 30.4 Å². The Bertz CT molecular complexity index is 1010. The molecular formula is C24H25ClN2O3. The van der Waals surface area contributed by atoms with Gasteiger partial charge in [-0.05, 0) is 48.4 Å². The van der Waals surface area contributed by atoms with Gasteiger partial charge in [0.1, 0.15) is 22.6 Å². The fourth-order valence-electron chi connectivity index (χ4n) is 3.74. The van der Waals surface area contributed by atoms with Gasteiger partial charge in [-0.25, -0.2) is 4.98 Å². The van der Waals surface area contributed by atoms with E-state index in [0.717, 1.165) is 47.7 Å². The minimum atomic E-state index is -0.0595. The van der Waals surface area contributed by atoms with E-state index < -0.39 is 0 Å². The highest BCUT2D eigenvalue weighted by Crippen LogP contribution is 2.33. The number of pyridine rings is 1. The van der Waals surface area contributed by atoms with Crippen molar-refractivity contribution in [3.05, 3.63) is 76.9 Å². The van der Waals surface area contributed by atoms with Gasteiger partial charge in [-0.15, -0.1) is 0 Å². The molecule has 1 aromatic heterocycles. The minimum Gasteiger partial charge on any atom is -0.471 e. The molecule has 0 aliphatic carbocycles. The first-order chi connectivity index (χ1) is 14.7. The lowest BCUT2D eigenvalue weighted by atomic mass is 10.1. The summed E-state index contributed by atoms with van der Waals surface area (Å²) in [7, 11) is 0. The van der Waals surface area contributed by atoms with Crippen LogP contribution in [0.3, 0.4) is 0 Å². The number of aliphatic hydroxyl groups excluding tert-OH is 1. The van der Waals surface area contributed by atoms with Crippen LogP contribution in [0.5, 0.6) is 17.4 Å². The monoisotopic (exact) mass is 424 g/mol. The maximum absolute atomic E-state index is 9.97. The van der Waals surface area contributed by atoms with Crippen LogP contribution in [0.1, 0.15) is 24.5 Å². The number of rotatable bonds is 7. The average Bonchev–Trinajstić information content (AvgIpc) is 3.24. The van der Waals surface area contributed by atoms with Gasteiger partial charge in [0.25, 0.3) is 0 Å². The van der Waals surface area contributed by atoms with E-state index in [2.05, 4.69) is 22.9 Å². The molecule has 4 rings (SSSR count). The van der Waals surface area contributed by atoms with E-state index in [1.165, 1.54) is 0 Å². The van der Waals surface area contributed by atoms with Crippen molar-refractivity contribution in [2.24, 2.45) is 0 Å². The van der Waals surface area contributed by atoms with E-state index in [1.54, 1.807) is 18.3 Å². The zero-order chi connectivity index (χ0) is 20.9. The van der Waals surface area contributed by atoms with Crippen LogP contribution in [0.15, 0.2) is 60.8 Å². The number of ether oxygens (including phenoxy) is 2. The molecule has 1 fully saturated rings. The zero-order valence-electron chi connectivity index (χ0n) is 16.9. The van der Waals surface area contributed by atoms with Gasteiger partial charge in [0.15, 0.2) is 0 Å². The summed E-state index contributed by atoms with van der Waals surface area (Å²) in [5, 5.41) is 10.5. The smallest absolute Gasteiger partial charge is 0.232 e. The van der Waals surface area contributed by atoms with Crippen molar-refractivity contribution in [2.75, 3.05) is 18.0 Å². The van der Waals surface area contributed by atoms with Gasteiger partial charge in [-0.2, -0.15) is 0 Å². The first kappa shape index (κ1) is 20.5. The van der Waals surface area contributed by atoms with Crippen molar-refractivity contribution in [3.63, 3.8) is 0 Å². The lowest BCUT2D eigenvalue weighted by Gasteiger charge is -2.22. The Morgan fingerprint density at radius 1 is 1.13 bits per heavy atom. The van der Waals surface area contributed by atoms with Crippen molar-refractivity contribution >= 4 is 17.3 Å². The second-order valence-corrected chi connectivity index (χ2v) is 7.68. The molecular weight excluding hydrogens is 400 g/mol. The lowest BCUT2D eigenvalue weighted by molar-refractivity contribution is 0.216. The summed E-state index contributed by atoms with van der Waals surface area (Å²) in [5.74, 6) is 2.03. The minimum absolute atomic E-state index is 0.00343. The molecule has 5 nitrogen and oxygen atoms in total. The second kappa shape index (κ2) is 9.37. The van der Waals surface area contributed by atoms with Crippen molar-refractivity contribution in [1.82, 2.24) is 4.98 Å². The molecule has 0 saturated carbocycles. The highest BCUT2D eigenvalue weighted by molar-refractivity contribution is 6.31. The van der Waals surface area contributed by atoms with Crippen LogP contribution < -0.4 is 14.4 Å². The third-order valence-corrected chi connectivity index (χ3v) is 5.58. The number of anilines is 1. The van der Waals surface area contributed by atoms with Crippen LogP contribution in [0.2, 0.25) is 5.02 Å². The third kappa shape index (κ3) is 4.53. The summed E-state index contributed by atoms with van der Waals surface area (Å²) in [4.78, 5) is 6.43. The molecule has 156 valence electrons. The Balaban J connectivity index is 1.47. The Kier molecular flexibility index (Phi) is 6.41. The van der Waals surface area contributed by atoms with E-state index in [4.69, 9.17) is 21.1 Å². The third-order valence-electron chi connectivity index (χ3n) is 5.29. The van der Waals surface area contributed by atoms with Gasteiger partial charge in [-0.1, -0.05) is 36.7 Å². The van der Waals surface area contributed by atoms with Gasteiger partial charge in [0.05, 0.1) is 13.2 Å². The average molecular weight is 425 g/mol. The first-order valence-electron chi connectivity index (χ1n) is 10.2. The lowest BCUT2D eigenvalue weighted by Crippen LogP contribution is -2.25. The number of benzene rings is 2. The van der Waals surface area contributed by atoms with Gasteiger partial charge in [0.2, 0.25) is 5.88 Å². The number of aliphatic hydroxyl groups is 1. The molecule has 1 atom stereocenters. The standard InChI is InChI=1S/C24H25ClN2O3/c1-2-17-6-3-4-8-23(17)29-19-9-10-22(18(14-19)16-28)27-13-11-20(15-27)30-24-21(25)7-5-12-26-24/h3-10,12,14,20,28H,2,11,13,15-16H2,1H3. The van der Waals surface area contributed by atoms with Crippen LogP contribution >= 0.6 is 11.6 Å². The van der Waals surface area contributed by atoms with E-state index in [9.17, 15) is 5.11 Å². The predicted octanol–water partition coefficient (Wildman–Crippen LogP) is 5.24. The maximum atomic E-state index is 9.97. The summed E-state index contributed by atoms with van der Waals surface area (Å²) in [5.41, 5.74) is 2.98. The van der Waals surface area contributed by atoms with Crippen LogP contribution in [0.4, 0.5) is 5.69 Å². The molecule has 1 aliphatic heterocycles. The van der Waals surface area contributed by atoms with E-state index in [-0.39, 0.29) is 12.7 Å². The number of para-hydroxylation sites is 1. The van der Waals surface area contributed by atoms with Gasteiger partial charge >= 0.3 is 0 Å². The highest BCUT2D eigenvalue weighted by Gasteiger charge is 2.26. The van der Waals surface area contributed by atoms with Crippen LogP contribution in [-0.4, -0.2) is 29.3 Å².